The first-order chi connectivity index (χ1) is 14.6. The molecule has 6 heteroatoms. The smallest absolute Gasteiger partial charge is 0.278 e. The second-order valence-electron chi connectivity index (χ2n) is 8.33. The maximum absolute atomic E-state index is 13.0. The molecule has 2 aromatic carbocycles. The molecular weight excluding hydrogens is 388 g/mol. The van der Waals surface area contributed by atoms with E-state index >= 15 is 0 Å². The van der Waals surface area contributed by atoms with Gasteiger partial charge in [0.25, 0.3) is 5.91 Å². The van der Waals surface area contributed by atoms with Crippen LogP contribution in [0.15, 0.2) is 47.5 Å². The number of hydrogen-bond donors (Lipinski definition) is 1. The molecule has 0 unspecified atom stereocenters. The lowest BCUT2D eigenvalue weighted by molar-refractivity contribution is -0.121. The molecule has 0 bridgehead atoms. The third-order valence-corrected chi connectivity index (χ3v) is 4.92. The predicted molar refractivity (Wildman–Crippen MR) is 126 cm³/mol. The predicted octanol–water partition coefficient (Wildman–Crippen LogP) is 5.04. The fraction of sp³-hybridized carbons (Fsp3) is 0.360. The van der Waals surface area contributed by atoms with E-state index in [2.05, 4.69) is 29.1 Å². The van der Waals surface area contributed by atoms with Crippen molar-refractivity contribution in [1.29, 1.82) is 5.26 Å². The second-order valence-corrected chi connectivity index (χ2v) is 8.33. The summed E-state index contributed by atoms with van der Waals surface area (Å²) in [6.07, 6.45) is 0. The summed E-state index contributed by atoms with van der Waals surface area (Å²) in [5.74, 6) is -0.914. The van der Waals surface area contributed by atoms with Crippen LogP contribution in [-0.4, -0.2) is 30.5 Å². The van der Waals surface area contributed by atoms with E-state index in [-0.39, 0.29) is 11.5 Å². The number of benzene rings is 2. The van der Waals surface area contributed by atoms with Crippen molar-refractivity contribution in [2.24, 2.45) is 10.4 Å². The van der Waals surface area contributed by atoms with Crippen LogP contribution < -0.4 is 10.2 Å². The molecule has 0 saturated heterocycles. The van der Waals surface area contributed by atoms with Crippen molar-refractivity contribution >= 4 is 34.5 Å². The van der Waals surface area contributed by atoms with Crippen LogP contribution in [0.4, 0.5) is 17.1 Å². The highest BCUT2D eigenvalue weighted by atomic mass is 16.2. The maximum Gasteiger partial charge on any atom is 0.278 e. The molecule has 0 heterocycles. The molecule has 31 heavy (non-hydrogen) atoms. The van der Waals surface area contributed by atoms with E-state index in [0.717, 1.165) is 24.3 Å². The Balaban J connectivity index is 2.43. The van der Waals surface area contributed by atoms with E-state index < -0.39 is 11.3 Å². The van der Waals surface area contributed by atoms with Gasteiger partial charge in [-0.2, -0.15) is 5.26 Å². The summed E-state index contributed by atoms with van der Waals surface area (Å²) in [6.45, 7) is 13.2. The molecule has 0 aliphatic rings. The molecule has 0 fully saturated rings. The van der Waals surface area contributed by atoms with Crippen molar-refractivity contribution in [2.75, 3.05) is 23.3 Å². The number of nitrogens with zero attached hydrogens (tertiary/aromatic N) is 3. The zero-order valence-electron chi connectivity index (χ0n) is 19.1. The van der Waals surface area contributed by atoms with Gasteiger partial charge in [0.05, 0.1) is 17.3 Å². The number of anilines is 2. The molecule has 0 atom stereocenters. The third-order valence-electron chi connectivity index (χ3n) is 4.92. The summed E-state index contributed by atoms with van der Waals surface area (Å²) in [6, 6.07) is 14.3. The first-order valence-corrected chi connectivity index (χ1v) is 10.4. The Morgan fingerprint density at radius 2 is 1.68 bits per heavy atom. The number of carbonyl (C=O) groups is 2. The molecule has 1 amide bonds. The average Bonchev–Trinajstić information content (AvgIpc) is 2.73. The van der Waals surface area contributed by atoms with Gasteiger partial charge in [0, 0.05) is 29.9 Å². The minimum atomic E-state index is -0.768. The number of nitrogens with one attached hydrogen (secondary N) is 1. The Bertz CT molecular complexity index is 1020. The third kappa shape index (κ3) is 6.02. The Morgan fingerprint density at radius 1 is 1.06 bits per heavy atom. The van der Waals surface area contributed by atoms with Crippen LogP contribution >= 0.6 is 0 Å². The van der Waals surface area contributed by atoms with E-state index in [9.17, 15) is 9.59 Å². The molecule has 0 aliphatic heterocycles. The van der Waals surface area contributed by atoms with Gasteiger partial charge in [0.2, 0.25) is 0 Å². The topological polar surface area (TPSA) is 85.6 Å². The molecule has 162 valence electrons. The van der Waals surface area contributed by atoms with Crippen molar-refractivity contribution in [1.82, 2.24) is 0 Å². The highest BCUT2D eigenvalue weighted by Gasteiger charge is 2.31. The first-order valence-electron chi connectivity index (χ1n) is 10.4. The lowest BCUT2D eigenvalue weighted by atomic mass is 9.87. The molecule has 0 saturated carbocycles. The highest BCUT2D eigenvalue weighted by Crippen LogP contribution is 2.26. The molecule has 0 aromatic heterocycles. The second kappa shape index (κ2) is 10.0. The number of Topliss-reactive ketones (excluding diaryl/α,β-unsaturated/α-hetero) is 1. The number of hydrogen-bond acceptors (Lipinski definition) is 5. The van der Waals surface area contributed by atoms with Crippen LogP contribution in [0.2, 0.25) is 0 Å². The Labute approximate surface area is 184 Å². The minimum Gasteiger partial charge on any atom is -0.372 e. The fourth-order valence-electron chi connectivity index (χ4n) is 3.05. The zero-order chi connectivity index (χ0) is 23.2. The van der Waals surface area contributed by atoms with Crippen molar-refractivity contribution in [3.05, 3.63) is 53.6 Å². The van der Waals surface area contributed by atoms with Crippen molar-refractivity contribution in [3.8, 4) is 6.07 Å². The van der Waals surface area contributed by atoms with E-state index in [0.29, 0.717) is 16.9 Å². The number of aryl methyl sites for hydroxylation is 1. The quantitative estimate of drug-likeness (QED) is 0.504. The normalized spacial score (nSPS) is 11.6. The molecule has 6 nitrogen and oxygen atoms in total. The molecule has 0 aliphatic carbocycles. The van der Waals surface area contributed by atoms with Gasteiger partial charge in [-0.3, -0.25) is 9.59 Å². The van der Waals surface area contributed by atoms with E-state index in [1.807, 2.05) is 31.2 Å². The SMILES string of the molecule is CCN(CC)c1ccc(N=C(C(=O)Nc2ccc(C#N)cc2)C(=O)C(C)(C)C)c(C)c1. The lowest BCUT2D eigenvalue weighted by Gasteiger charge is -2.22. The summed E-state index contributed by atoms with van der Waals surface area (Å²) in [4.78, 5) is 32.8. The van der Waals surface area contributed by atoms with Crippen LogP contribution in [0.3, 0.4) is 0 Å². The number of rotatable bonds is 7. The number of nitriles is 1. The van der Waals surface area contributed by atoms with Crippen molar-refractivity contribution < 1.29 is 9.59 Å². The van der Waals surface area contributed by atoms with E-state index in [1.54, 1.807) is 45.0 Å². The number of aliphatic imine (C=N–C) groups is 1. The number of carbonyl (C=O) groups excluding carboxylic acids is 2. The molecule has 0 spiro atoms. The highest BCUT2D eigenvalue weighted by molar-refractivity contribution is 6.68. The van der Waals surface area contributed by atoms with Gasteiger partial charge >= 0.3 is 0 Å². The Hall–Kier alpha value is -3.46. The van der Waals surface area contributed by atoms with Gasteiger partial charge in [-0.15, -0.1) is 0 Å². The van der Waals surface area contributed by atoms with Crippen molar-refractivity contribution in [3.63, 3.8) is 0 Å². The van der Waals surface area contributed by atoms with Gasteiger partial charge < -0.3 is 10.2 Å². The van der Waals surface area contributed by atoms with Gasteiger partial charge in [0.1, 0.15) is 0 Å². The Kier molecular flexibility index (Phi) is 7.71. The largest absolute Gasteiger partial charge is 0.372 e. The minimum absolute atomic E-state index is 0.143. The van der Waals surface area contributed by atoms with E-state index in [1.165, 1.54) is 0 Å². The average molecular weight is 419 g/mol. The lowest BCUT2D eigenvalue weighted by Crippen LogP contribution is -2.37. The summed E-state index contributed by atoms with van der Waals surface area (Å²) in [7, 11) is 0. The molecular formula is C25H30N4O2. The van der Waals surface area contributed by atoms with Gasteiger partial charge in [-0.05, 0) is 68.8 Å². The van der Waals surface area contributed by atoms with Gasteiger partial charge in [-0.25, -0.2) is 4.99 Å². The first kappa shape index (κ1) is 23.8. The Morgan fingerprint density at radius 3 is 2.16 bits per heavy atom. The van der Waals surface area contributed by atoms with Crippen molar-refractivity contribution in [2.45, 2.75) is 41.5 Å². The van der Waals surface area contributed by atoms with Crippen LogP contribution in [0.25, 0.3) is 0 Å². The molecule has 1 N–H and O–H groups in total. The monoisotopic (exact) mass is 418 g/mol. The number of ketones is 1. The van der Waals surface area contributed by atoms with E-state index in [4.69, 9.17) is 5.26 Å². The van der Waals surface area contributed by atoms with Gasteiger partial charge in [-0.1, -0.05) is 20.8 Å². The summed E-state index contributed by atoms with van der Waals surface area (Å²) in [5, 5.41) is 11.7. The standard InChI is InChI=1S/C25H30N4O2/c1-7-29(8-2)20-13-14-21(17(3)15-20)28-22(23(30)25(4,5)6)24(31)27-19-11-9-18(16-26)10-12-19/h9-15H,7-8H2,1-6H3,(H,27,31). The van der Waals surface area contributed by atoms with Crippen LogP contribution in [0, 0.1) is 23.7 Å². The zero-order valence-corrected chi connectivity index (χ0v) is 19.1. The molecule has 2 rings (SSSR count). The van der Waals surface area contributed by atoms with Gasteiger partial charge in [0.15, 0.2) is 11.5 Å². The summed E-state index contributed by atoms with van der Waals surface area (Å²) < 4.78 is 0. The number of amides is 1. The molecule has 2 aromatic rings. The fourth-order valence-corrected chi connectivity index (χ4v) is 3.05. The van der Waals surface area contributed by atoms with Crippen LogP contribution in [0.5, 0.6) is 0 Å². The summed E-state index contributed by atoms with van der Waals surface area (Å²) >= 11 is 0. The summed E-state index contributed by atoms with van der Waals surface area (Å²) in [5.41, 5.74) is 2.61. The maximum atomic E-state index is 13.0. The van der Waals surface area contributed by atoms with Crippen LogP contribution in [-0.2, 0) is 9.59 Å². The van der Waals surface area contributed by atoms with Crippen LogP contribution in [0.1, 0.15) is 45.7 Å². The molecule has 0 radical (unpaired) electrons.